The van der Waals surface area contributed by atoms with Gasteiger partial charge in [-0.25, -0.2) is 4.79 Å². The Morgan fingerprint density at radius 1 is 1.12 bits per heavy atom. The maximum Gasteiger partial charge on any atom is 0.338 e. The summed E-state index contributed by atoms with van der Waals surface area (Å²) in [6, 6.07) is 10.3. The number of nitrogens with one attached hydrogen (secondary N) is 1. The van der Waals surface area contributed by atoms with Crippen molar-refractivity contribution in [3.05, 3.63) is 71.7 Å². The van der Waals surface area contributed by atoms with Gasteiger partial charge in [0.15, 0.2) is 0 Å². The van der Waals surface area contributed by atoms with Crippen molar-refractivity contribution in [1.29, 1.82) is 0 Å². The molecule has 132 valence electrons. The van der Waals surface area contributed by atoms with Gasteiger partial charge in [-0.15, -0.1) is 0 Å². The molecule has 7 nitrogen and oxygen atoms in total. The Morgan fingerprint density at radius 3 is 2.50 bits per heavy atom. The van der Waals surface area contributed by atoms with Gasteiger partial charge in [-0.1, -0.05) is 18.2 Å². The molecule has 1 aromatic carbocycles. The Balaban J connectivity index is 1.68. The maximum atomic E-state index is 12.4. The molecule has 1 amide bonds. The van der Waals surface area contributed by atoms with Gasteiger partial charge in [-0.2, -0.15) is 5.10 Å². The molecule has 0 bridgehead atoms. The molecule has 0 unspecified atom stereocenters. The van der Waals surface area contributed by atoms with Crippen LogP contribution in [0.4, 0.5) is 0 Å². The molecule has 26 heavy (non-hydrogen) atoms. The molecular weight excluding hydrogens is 332 g/mol. The number of carbonyl (C=O) groups is 2. The van der Waals surface area contributed by atoms with Crippen LogP contribution in [-0.4, -0.2) is 33.8 Å². The van der Waals surface area contributed by atoms with Crippen molar-refractivity contribution in [1.82, 2.24) is 20.1 Å². The first kappa shape index (κ1) is 17.3. The van der Waals surface area contributed by atoms with E-state index in [1.54, 1.807) is 41.3 Å². The summed E-state index contributed by atoms with van der Waals surface area (Å²) in [5.74, 6) is -0.888. The molecule has 0 fully saturated rings. The molecule has 0 aliphatic rings. The van der Waals surface area contributed by atoms with Gasteiger partial charge in [0.05, 0.1) is 30.1 Å². The largest absolute Gasteiger partial charge is 0.465 e. The summed E-state index contributed by atoms with van der Waals surface area (Å²) in [5.41, 5.74) is 3.10. The molecule has 1 N–H and O–H groups in total. The van der Waals surface area contributed by atoms with Gasteiger partial charge < -0.3 is 10.1 Å². The van der Waals surface area contributed by atoms with Gasteiger partial charge in [-0.05, 0) is 23.8 Å². The van der Waals surface area contributed by atoms with Crippen molar-refractivity contribution in [2.45, 2.75) is 6.54 Å². The molecule has 2 aromatic heterocycles. The summed E-state index contributed by atoms with van der Waals surface area (Å²) >= 11 is 0. The molecule has 0 saturated heterocycles. The fourth-order valence-electron chi connectivity index (χ4n) is 2.50. The van der Waals surface area contributed by atoms with Crippen molar-refractivity contribution in [2.75, 3.05) is 7.11 Å². The Bertz CT molecular complexity index is 932. The maximum absolute atomic E-state index is 12.4. The molecule has 3 aromatic rings. The first-order valence-electron chi connectivity index (χ1n) is 7.98. The second kappa shape index (κ2) is 7.60. The van der Waals surface area contributed by atoms with Gasteiger partial charge in [0.1, 0.15) is 0 Å². The second-order valence-corrected chi connectivity index (χ2v) is 5.67. The lowest BCUT2D eigenvalue weighted by molar-refractivity contribution is 0.0596. The highest BCUT2D eigenvalue weighted by Gasteiger charge is 2.16. The molecule has 2 heterocycles. The molecule has 0 spiro atoms. The predicted molar refractivity (Wildman–Crippen MR) is 95.4 cm³/mol. The molecule has 0 aliphatic heterocycles. The van der Waals surface area contributed by atoms with Crippen LogP contribution in [0.3, 0.4) is 0 Å². The molecule has 0 radical (unpaired) electrons. The highest BCUT2D eigenvalue weighted by molar-refractivity contribution is 6.05. The van der Waals surface area contributed by atoms with Gasteiger partial charge in [0.25, 0.3) is 5.91 Å². The van der Waals surface area contributed by atoms with E-state index >= 15 is 0 Å². The van der Waals surface area contributed by atoms with Crippen LogP contribution in [0, 0.1) is 0 Å². The predicted octanol–water partition coefficient (Wildman–Crippen LogP) is 2.20. The number of amides is 1. The Morgan fingerprint density at radius 2 is 1.88 bits per heavy atom. The lowest BCUT2D eigenvalue weighted by Gasteiger charge is -2.09. The monoisotopic (exact) mass is 350 g/mol. The fraction of sp³-hybridized carbons (Fsp3) is 0.158. The first-order chi connectivity index (χ1) is 12.6. The van der Waals surface area contributed by atoms with Crippen molar-refractivity contribution in [3.8, 4) is 11.3 Å². The average molecular weight is 350 g/mol. The van der Waals surface area contributed by atoms with Gasteiger partial charge >= 0.3 is 5.97 Å². The van der Waals surface area contributed by atoms with Crippen LogP contribution in [0.2, 0.25) is 0 Å². The number of esters is 1. The van der Waals surface area contributed by atoms with E-state index < -0.39 is 5.97 Å². The number of hydrogen-bond donors (Lipinski definition) is 1. The number of aromatic nitrogens is 3. The number of benzene rings is 1. The Kier molecular flexibility index (Phi) is 5.07. The number of hydrogen-bond acceptors (Lipinski definition) is 5. The highest BCUT2D eigenvalue weighted by Crippen LogP contribution is 2.16. The van der Waals surface area contributed by atoms with Crippen LogP contribution in [0.15, 0.2) is 55.0 Å². The zero-order valence-corrected chi connectivity index (χ0v) is 14.5. The van der Waals surface area contributed by atoms with Crippen molar-refractivity contribution >= 4 is 11.9 Å². The van der Waals surface area contributed by atoms with Crippen LogP contribution in [0.5, 0.6) is 0 Å². The van der Waals surface area contributed by atoms with E-state index in [1.165, 1.54) is 7.11 Å². The van der Waals surface area contributed by atoms with E-state index in [-0.39, 0.29) is 17.0 Å². The van der Waals surface area contributed by atoms with Crippen LogP contribution in [0.25, 0.3) is 11.3 Å². The third kappa shape index (κ3) is 3.77. The van der Waals surface area contributed by atoms with Gasteiger partial charge in [-0.3, -0.25) is 14.5 Å². The number of ether oxygens (including phenoxy) is 1. The third-order valence-electron chi connectivity index (χ3n) is 3.86. The SMILES string of the molecule is COC(=O)c1ccccc1C(=O)NCc1ccc(-c2cnn(C)c2)nc1. The van der Waals surface area contributed by atoms with Crippen LogP contribution < -0.4 is 5.32 Å². The van der Waals surface area contributed by atoms with Crippen molar-refractivity contribution in [3.63, 3.8) is 0 Å². The van der Waals surface area contributed by atoms with Gasteiger partial charge in [0.2, 0.25) is 0 Å². The van der Waals surface area contributed by atoms with Crippen molar-refractivity contribution in [2.24, 2.45) is 7.05 Å². The zero-order chi connectivity index (χ0) is 18.5. The zero-order valence-electron chi connectivity index (χ0n) is 14.5. The summed E-state index contributed by atoms with van der Waals surface area (Å²) in [4.78, 5) is 28.6. The topological polar surface area (TPSA) is 86.1 Å². The first-order valence-corrected chi connectivity index (χ1v) is 7.98. The summed E-state index contributed by atoms with van der Waals surface area (Å²) in [7, 11) is 3.13. The quantitative estimate of drug-likeness (QED) is 0.713. The van der Waals surface area contributed by atoms with E-state index in [0.717, 1.165) is 16.8 Å². The number of nitrogens with zero attached hydrogens (tertiary/aromatic N) is 3. The lowest BCUT2D eigenvalue weighted by atomic mass is 10.1. The Hall–Kier alpha value is -3.48. The number of aryl methyl sites for hydroxylation is 1. The molecule has 0 saturated carbocycles. The summed E-state index contributed by atoms with van der Waals surface area (Å²) in [6.45, 7) is 0.300. The van der Waals surface area contributed by atoms with E-state index in [9.17, 15) is 9.59 Å². The minimum Gasteiger partial charge on any atom is -0.465 e. The summed E-state index contributed by atoms with van der Waals surface area (Å²) in [5, 5.41) is 6.91. The lowest BCUT2D eigenvalue weighted by Crippen LogP contribution is -2.25. The average Bonchev–Trinajstić information content (AvgIpc) is 3.12. The summed E-state index contributed by atoms with van der Waals surface area (Å²) < 4.78 is 6.42. The molecule has 7 heteroatoms. The van der Waals surface area contributed by atoms with E-state index in [1.807, 2.05) is 25.4 Å². The highest BCUT2D eigenvalue weighted by atomic mass is 16.5. The standard InChI is InChI=1S/C19H18N4O3/c1-23-12-14(11-22-23)17-8-7-13(9-20-17)10-21-18(24)15-5-3-4-6-16(15)19(25)26-2/h3-9,11-12H,10H2,1-2H3,(H,21,24). The number of carbonyl (C=O) groups excluding carboxylic acids is 2. The van der Waals surface area contributed by atoms with Crippen molar-refractivity contribution < 1.29 is 14.3 Å². The van der Waals surface area contributed by atoms with Crippen LogP contribution in [-0.2, 0) is 18.3 Å². The van der Waals surface area contributed by atoms with Crippen LogP contribution in [0.1, 0.15) is 26.3 Å². The number of methoxy groups -OCH3 is 1. The molecule has 3 rings (SSSR count). The summed E-state index contributed by atoms with van der Waals surface area (Å²) in [6.07, 6.45) is 5.33. The molecule has 0 atom stereocenters. The second-order valence-electron chi connectivity index (χ2n) is 5.67. The number of rotatable bonds is 5. The fourth-order valence-corrected chi connectivity index (χ4v) is 2.50. The molecular formula is C19H18N4O3. The number of pyridine rings is 1. The normalized spacial score (nSPS) is 10.4. The van der Waals surface area contributed by atoms with E-state index in [2.05, 4.69) is 15.4 Å². The minimum atomic E-state index is -0.543. The smallest absolute Gasteiger partial charge is 0.338 e. The third-order valence-corrected chi connectivity index (χ3v) is 3.86. The Labute approximate surface area is 150 Å². The minimum absolute atomic E-state index is 0.234. The van der Waals surface area contributed by atoms with Crippen LogP contribution >= 0.6 is 0 Å². The van der Waals surface area contributed by atoms with E-state index in [4.69, 9.17) is 4.74 Å². The molecule has 0 aliphatic carbocycles. The van der Waals surface area contributed by atoms with E-state index in [0.29, 0.717) is 6.54 Å². The van der Waals surface area contributed by atoms with Gasteiger partial charge in [0, 0.05) is 31.5 Å².